The molecule has 0 aliphatic heterocycles. The van der Waals surface area contributed by atoms with Crippen molar-refractivity contribution in [1.29, 1.82) is 0 Å². The van der Waals surface area contributed by atoms with Crippen LogP contribution in [-0.2, 0) is 0 Å². The number of nitrogen functional groups attached to an aromatic ring is 1. The van der Waals surface area contributed by atoms with Gasteiger partial charge in [-0.3, -0.25) is 10.1 Å². The summed E-state index contributed by atoms with van der Waals surface area (Å²) >= 11 is 0. The Bertz CT molecular complexity index is 824. The van der Waals surface area contributed by atoms with E-state index in [9.17, 15) is 10.1 Å². The lowest BCUT2D eigenvalue weighted by molar-refractivity contribution is -0.384. The van der Waals surface area contributed by atoms with Gasteiger partial charge in [-0.2, -0.15) is 0 Å². The number of benzene rings is 2. The Morgan fingerprint density at radius 1 is 1.25 bits per heavy atom. The van der Waals surface area contributed by atoms with Gasteiger partial charge in [0.05, 0.1) is 11.0 Å². The molecule has 0 saturated heterocycles. The van der Waals surface area contributed by atoms with E-state index in [1.54, 1.807) is 12.1 Å². The lowest BCUT2D eigenvalue weighted by atomic mass is 10.1. The van der Waals surface area contributed by atoms with Crippen molar-refractivity contribution in [3.63, 3.8) is 0 Å². The SMILES string of the molecule is Cc1cc(-c2nc3ccc([N+](=O)[O-])cc3o2)ccc1N. The van der Waals surface area contributed by atoms with Gasteiger partial charge in [-0.15, -0.1) is 0 Å². The zero-order chi connectivity index (χ0) is 14.3. The molecule has 3 rings (SSSR count). The number of anilines is 1. The van der Waals surface area contributed by atoms with Crippen LogP contribution in [0.2, 0.25) is 0 Å². The van der Waals surface area contributed by atoms with Crippen LogP contribution in [0.1, 0.15) is 5.56 Å². The quantitative estimate of drug-likeness (QED) is 0.437. The zero-order valence-electron chi connectivity index (χ0n) is 10.7. The van der Waals surface area contributed by atoms with Crippen molar-refractivity contribution < 1.29 is 9.34 Å². The summed E-state index contributed by atoms with van der Waals surface area (Å²) in [5, 5.41) is 10.7. The predicted octanol–water partition coefficient (Wildman–Crippen LogP) is 3.29. The second-order valence-corrected chi connectivity index (χ2v) is 4.50. The minimum atomic E-state index is -0.463. The molecule has 0 spiro atoms. The summed E-state index contributed by atoms with van der Waals surface area (Å²) in [6.07, 6.45) is 0. The highest BCUT2D eigenvalue weighted by atomic mass is 16.6. The average Bonchev–Trinajstić information content (AvgIpc) is 2.84. The molecule has 20 heavy (non-hydrogen) atoms. The predicted molar refractivity (Wildman–Crippen MR) is 75.2 cm³/mol. The van der Waals surface area contributed by atoms with E-state index in [0.717, 1.165) is 11.1 Å². The lowest BCUT2D eigenvalue weighted by Gasteiger charge is -2.00. The van der Waals surface area contributed by atoms with Gasteiger partial charge in [0.1, 0.15) is 5.52 Å². The van der Waals surface area contributed by atoms with E-state index in [2.05, 4.69) is 4.98 Å². The molecular weight excluding hydrogens is 258 g/mol. The van der Waals surface area contributed by atoms with Crippen LogP contribution in [0, 0.1) is 17.0 Å². The highest BCUT2D eigenvalue weighted by Crippen LogP contribution is 2.28. The average molecular weight is 269 g/mol. The first-order valence-corrected chi connectivity index (χ1v) is 5.96. The van der Waals surface area contributed by atoms with E-state index >= 15 is 0 Å². The fourth-order valence-corrected chi connectivity index (χ4v) is 1.96. The van der Waals surface area contributed by atoms with E-state index in [1.165, 1.54) is 12.1 Å². The first-order chi connectivity index (χ1) is 9.54. The Balaban J connectivity index is 2.12. The molecular formula is C14H11N3O3. The fourth-order valence-electron chi connectivity index (χ4n) is 1.96. The van der Waals surface area contributed by atoms with E-state index in [0.29, 0.717) is 22.7 Å². The second kappa shape index (κ2) is 4.34. The highest BCUT2D eigenvalue weighted by molar-refractivity contribution is 5.78. The number of hydrogen-bond donors (Lipinski definition) is 1. The summed E-state index contributed by atoms with van der Waals surface area (Å²) in [5.41, 5.74) is 9.13. The summed E-state index contributed by atoms with van der Waals surface area (Å²) < 4.78 is 5.58. The number of nitrogens with two attached hydrogens (primary N) is 1. The summed E-state index contributed by atoms with van der Waals surface area (Å²) in [6.45, 7) is 1.90. The topological polar surface area (TPSA) is 95.2 Å². The number of rotatable bonds is 2. The molecule has 0 atom stereocenters. The Kier molecular flexibility index (Phi) is 2.64. The number of nitro groups is 1. The molecule has 0 aliphatic carbocycles. The van der Waals surface area contributed by atoms with Gasteiger partial charge in [-0.05, 0) is 36.8 Å². The Hall–Kier alpha value is -2.89. The van der Waals surface area contributed by atoms with Gasteiger partial charge >= 0.3 is 0 Å². The molecule has 0 amide bonds. The van der Waals surface area contributed by atoms with Crippen LogP contribution >= 0.6 is 0 Å². The Morgan fingerprint density at radius 3 is 2.75 bits per heavy atom. The first kappa shape index (κ1) is 12.2. The van der Waals surface area contributed by atoms with Crippen LogP contribution in [-0.4, -0.2) is 9.91 Å². The molecule has 1 heterocycles. The van der Waals surface area contributed by atoms with Gasteiger partial charge in [0, 0.05) is 17.3 Å². The Labute approximate surface area is 114 Å². The molecule has 2 aromatic carbocycles. The van der Waals surface area contributed by atoms with Crippen molar-refractivity contribution >= 4 is 22.5 Å². The molecule has 100 valence electrons. The molecule has 6 heteroatoms. The van der Waals surface area contributed by atoms with Gasteiger partial charge in [0.25, 0.3) is 5.69 Å². The Morgan fingerprint density at radius 2 is 2.05 bits per heavy atom. The van der Waals surface area contributed by atoms with Crippen molar-refractivity contribution in [2.75, 3.05) is 5.73 Å². The van der Waals surface area contributed by atoms with Gasteiger partial charge < -0.3 is 10.2 Å². The van der Waals surface area contributed by atoms with Gasteiger partial charge in [0.15, 0.2) is 5.58 Å². The number of nitro benzene ring substituents is 1. The van der Waals surface area contributed by atoms with E-state index < -0.39 is 4.92 Å². The number of hydrogen-bond acceptors (Lipinski definition) is 5. The third kappa shape index (κ3) is 1.97. The normalized spacial score (nSPS) is 10.8. The number of oxazole rings is 1. The molecule has 2 N–H and O–H groups in total. The molecule has 3 aromatic rings. The van der Waals surface area contributed by atoms with Crippen LogP contribution in [0.4, 0.5) is 11.4 Å². The largest absolute Gasteiger partial charge is 0.436 e. The number of aryl methyl sites for hydroxylation is 1. The van der Waals surface area contributed by atoms with Crippen LogP contribution in [0.3, 0.4) is 0 Å². The van der Waals surface area contributed by atoms with E-state index in [4.69, 9.17) is 10.2 Å². The van der Waals surface area contributed by atoms with E-state index in [1.807, 2.05) is 19.1 Å². The molecule has 0 fully saturated rings. The third-order valence-electron chi connectivity index (χ3n) is 3.10. The molecule has 6 nitrogen and oxygen atoms in total. The van der Waals surface area contributed by atoms with Crippen molar-refractivity contribution in [1.82, 2.24) is 4.98 Å². The monoisotopic (exact) mass is 269 g/mol. The van der Waals surface area contributed by atoms with Crippen molar-refractivity contribution in [3.8, 4) is 11.5 Å². The van der Waals surface area contributed by atoms with Crippen LogP contribution in [0.5, 0.6) is 0 Å². The fraction of sp³-hybridized carbons (Fsp3) is 0.0714. The van der Waals surface area contributed by atoms with Gasteiger partial charge in [-0.1, -0.05) is 0 Å². The minimum absolute atomic E-state index is 0.0197. The minimum Gasteiger partial charge on any atom is -0.436 e. The summed E-state index contributed by atoms with van der Waals surface area (Å²) in [7, 11) is 0. The smallest absolute Gasteiger partial charge is 0.273 e. The number of nitrogens with zero attached hydrogens (tertiary/aromatic N) is 2. The molecule has 1 aromatic heterocycles. The molecule has 0 aliphatic rings. The van der Waals surface area contributed by atoms with Crippen LogP contribution < -0.4 is 5.73 Å². The second-order valence-electron chi connectivity index (χ2n) is 4.50. The highest BCUT2D eigenvalue weighted by Gasteiger charge is 2.13. The maximum Gasteiger partial charge on any atom is 0.273 e. The summed E-state index contributed by atoms with van der Waals surface area (Å²) in [6, 6.07) is 9.81. The zero-order valence-corrected chi connectivity index (χ0v) is 10.7. The molecule has 0 bridgehead atoms. The maximum absolute atomic E-state index is 10.7. The molecule has 0 unspecified atom stereocenters. The van der Waals surface area contributed by atoms with E-state index in [-0.39, 0.29) is 5.69 Å². The first-order valence-electron chi connectivity index (χ1n) is 5.96. The van der Waals surface area contributed by atoms with Crippen molar-refractivity contribution in [2.24, 2.45) is 0 Å². The maximum atomic E-state index is 10.7. The van der Waals surface area contributed by atoms with Crippen LogP contribution in [0.25, 0.3) is 22.6 Å². The lowest BCUT2D eigenvalue weighted by Crippen LogP contribution is -1.89. The molecule has 0 radical (unpaired) electrons. The number of non-ortho nitro benzene ring substituents is 1. The third-order valence-corrected chi connectivity index (χ3v) is 3.10. The standard InChI is InChI=1S/C14H11N3O3/c1-8-6-9(2-4-11(8)15)14-16-12-5-3-10(17(18)19)7-13(12)20-14/h2-7H,15H2,1H3. The van der Waals surface area contributed by atoms with Gasteiger partial charge in [0.2, 0.25) is 5.89 Å². The van der Waals surface area contributed by atoms with Crippen LogP contribution in [0.15, 0.2) is 40.8 Å². The molecule has 0 saturated carbocycles. The summed E-state index contributed by atoms with van der Waals surface area (Å²) in [5.74, 6) is 0.420. The van der Waals surface area contributed by atoms with Gasteiger partial charge in [-0.25, -0.2) is 4.98 Å². The number of aromatic nitrogens is 1. The number of fused-ring (bicyclic) bond motifs is 1. The summed E-state index contributed by atoms with van der Waals surface area (Å²) in [4.78, 5) is 14.6. The van der Waals surface area contributed by atoms with Crippen molar-refractivity contribution in [2.45, 2.75) is 6.92 Å². The van der Waals surface area contributed by atoms with Crippen molar-refractivity contribution in [3.05, 3.63) is 52.1 Å².